The van der Waals surface area contributed by atoms with Crippen molar-refractivity contribution in [3.05, 3.63) is 59.3 Å². The molecule has 0 spiro atoms. The molecule has 0 bridgehead atoms. The molecule has 1 atom stereocenters. The molecule has 3 rings (SSSR count). The molecule has 0 saturated heterocycles. The SMILES string of the molecule is COc1ccccc1C(=O)NC(=Cc1ccc2c(c1)OCO2)C(=O)NC(CCSC)C(=O)O. The summed E-state index contributed by atoms with van der Waals surface area (Å²) in [5, 5.41) is 14.5. The Hall–Kier alpha value is -3.66. The summed E-state index contributed by atoms with van der Waals surface area (Å²) in [7, 11) is 1.44. The highest BCUT2D eigenvalue weighted by Crippen LogP contribution is 2.33. The van der Waals surface area contributed by atoms with Crippen molar-refractivity contribution < 1.29 is 33.7 Å². The molecule has 10 heteroatoms. The highest BCUT2D eigenvalue weighted by Gasteiger charge is 2.24. The first-order chi connectivity index (χ1) is 15.9. The molecule has 2 amide bonds. The number of aliphatic carboxylic acids is 1. The second kappa shape index (κ2) is 11.3. The summed E-state index contributed by atoms with van der Waals surface area (Å²) < 4.78 is 15.9. The monoisotopic (exact) mass is 472 g/mol. The third-order valence-electron chi connectivity index (χ3n) is 4.77. The second-order valence-corrected chi connectivity index (χ2v) is 7.96. The Morgan fingerprint density at radius 2 is 1.94 bits per heavy atom. The van der Waals surface area contributed by atoms with E-state index in [1.165, 1.54) is 24.9 Å². The standard InChI is InChI=1S/C23H24N2O7S/c1-30-18-6-4-3-5-15(18)21(26)25-17(22(27)24-16(23(28)29)9-10-33-2)11-14-7-8-19-20(12-14)32-13-31-19/h3-8,11-12,16H,9-10,13H2,1-2H3,(H,24,27)(H,25,26)(H,28,29). The zero-order valence-electron chi connectivity index (χ0n) is 18.1. The maximum absolute atomic E-state index is 13.0. The molecular formula is C23H24N2O7S. The number of carbonyl (C=O) groups excluding carboxylic acids is 2. The van der Waals surface area contributed by atoms with Crippen molar-refractivity contribution in [2.24, 2.45) is 0 Å². The van der Waals surface area contributed by atoms with Crippen molar-refractivity contribution in [3.63, 3.8) is 0 Å². The molecule has 33 heavy (non-hydrogen) atoms. The summed E-state index contributed by atoms with van der Waals surface area (Å²) in [5.41, 5.74) is 0.655. The highest BCUT2D eigenvalue weighted by molar-refractivity contribution is 7.98. The van der Waals surface area contributed by atoms with E-state index in [4.69, 9.17) is 14.2 Å². The van der Waals surface area contributed by atoms with Crippen LogP contribution in [0.25, 0.3) is 6.08 Å². The van der Waals surface area contributed by atoms with Gasteiger partial charge in [-0.3, -0.25) is 9.59 Å². The number of hydrogen-bond donors (Lipinski definition) is 3. The van der Waals surface area contributed by atoms with Crippen molar-refractivity contribution in [2.45, 2.75) is 12.5 Å². The molecule has 2 aromatic carbocycles. The maximum Gasteiger partial charge on any atom is 0.326 e. The molecule has 1 unspecified atom stereocenters. The average molecular weight is 473 g/mol. The van der Waals surface area contributed by atoms with Gasteiger partial charge in [0, 0.05) is 0 Å². The predicted molar refractivity (Wildman–Crippen MR) is 124 cm³/mol. The molecule has 1 aliphatic rings. The summed E-state index contributed by atoms with van der Waals surface area (Å²) in [6.45, 7) is 0.0934. The van der Waals surface area contributed by atoms with E-state index in [-0.39, 0.29) is 24.5 Å². The molecule has 0 radical (unpaired) electrons. The lowest BCUT2D eigenvalue weighted by Crippen LogP contribution is -2.44. The number of hydrogen-bond acceptors (Lipinski definition) is 7. The van der Waals surface area contributed by atoms with Crippen LogP contribution >= 0.6 is 11.8 Å². The first-order valence-electron chi connectivity index (χ1n) is 10.0. The Morgan fingerprint density at radius 3 is 2.67 bits per heavy atom. The highest BCUT2D eigenvalue weighted by atomic mass is 32.2. The molecule has 3 N–H and O–H groups in total. The van der Waals surface area contributed by atoms with Crippen LogP contribution in [0.15, 0.2) is 48.2 Å². The van der Waals surface area contributed by atoms with Crippen LogP contribution in [0.3, 0.4) is 0 Å². The van der Waals surface area contributed by atoms with Crippen LogP contribution in [0.1, 0.15) is 22.3 Å². The minimum Gasteiger partial charge on any atom is -0.496 e. The summed E-state index contributed by atoms with van der Waals surface area (Å²) in [6, 6.07) is 10.5. The number of nitrogens with one attached hydrogen (secondary N) is 2. The van der Waals surface area contributed by atoms with E-state index in [0.29, 0.717) is 28.6 Å². The summed E-state index contributed by atoms with van der Waals surface area (Å²) in [6.07, 6.45) is 3.53. The summed E-state index contributed by atoms with van der Waals surface area (Å²) in [5.74, 6) is -0.513. The van der Waals surface area contributed by atoms with E-state index in [2.05, 4.69) is 10.6 Å². The Bertz CT molecular complexity index is 1070. The third kappa shape index (κ3) is 6.19. The van der Waals surface area contributed by atoms with E-state index < -0.39 is 23.8 Å². The fourth-order valence-electron chi connectivity index (χ4n) is 3.08. The smallest absolute Gasteiger partial charge is 0.326 e. The van der Waals surface area contributed by atoms with E-state index in [1.54, 1.807) is 42.5 Å². The van der Waals surface area contributed by atoms with Gasteiger partial charge in [0.2, 0.25) is 6.79 Å². The van der Waals surface area contributed by atoms with Gasteiger partial charge in [0.25, 0.3) is 11.8 Å². The number of carboxylic acid groups (broad SMARTS) is 1. The van der Waals surface area contributed by atoms with Crippen molar-refractivity contribution in [3.8, 4) is 17.2 Å². The third-order valence-corrected chi connectivity index (χ3v) is 5.41. The van der Waals surface area contributed by atoms with E-state index in [0.717, 1.165) is 0 Å². The van der Waals surface area contributed by atoms with Crippen molar-refractivity contribution in [1.29, 1.82) is 0 Å². The fraction of sp³-hybridized carbons (Fsp3) is 0.261. The lowest BCUT2D eigenvalue weighted by atomic mass is 10.1. The summed E-state index contributed by atoms with van der Waals surface area (Å²) >= 11 is 1.47. The number of thioether (sulfide) groups is 1. The second-order valence-electron chi connectivity index (χ2n) is 6.97. The molecule has 2 aromatic rings. The van der Waals surface area contributed by atoms with Crippen LogP contribution in [0.2, 0.25) is 0 Å². The van der Waals surface area contributed by atoms with Gasteiger partial charge in [-0.15, -0.1) is 0 Å². The number of benzene rings is 2. The minimum absolute atomic E-state index is 0.0934. The lowest BCUT2D eigenvalue weighted by molar-refractivity contribution is -0.141. The Kier molecular flexibility index (Phi) is 8.20. The van der Waals surface area contributed by atoms with Gasteiger partial charge in [0.15, 0.2) is 11.5 Å². The maximum atomic E-state index is 13.0. The van der Waals surface area contributed by atoms with E-state index in [9.17, 15) is 19.5 Å². The van der Waals surface area contributed by atoms with Gasteiger partial charge in [-0.1, -0.05) is 18.2 Å². The first-order valence-corrected chi connectivity index (χ1v) is 11.4. The number of fused-ring (bicyclic) bond motifs is 1. The van der Waals surface area contributed by atoms with Gasteiger partial charge in [0.1, 0.15) is 17.5 Å². The number of rotatable bonds is 10. The predicted octanol–water partition coefficient (Wildman–Crippen LogP) is 2.52. The number of carboxylic acids is 1. The van der Waals surface area contributed by atoms with Crippen LogP contribution in [0.4, 0.5) is 0 Å². The van der Waals surface area contributed by atoms with Crippen LogP contribution in [0.5, 0.6) is 17.2 Å². The van der Waals surface area contributed by atoms with Gasteiger partial charge < -0.3 is 30.0 Å². The van der Waals surface area contributed by atoms with Gasteiger partial charge >= 0.3 is 5.97 Å². The Balaban J connectivity index is 1.90. The molecule has 9 nitrogen and oxygen atoms in total. The zero-order chi connectivity index (χ0) is 23.8. The fourth-order valence-corrected chi connectivity index (χ4v) is 3.55. The number of methoxy groups -OCH3 is 1. The quantitative estimate of drug-likeness (QED) is 0.451. The molecule has 0 aliphatic carbocycles. The number of carbonyl (C=O) groups is 3. The van der Waals surface area contributed by atoms with Crippen LogP contribution in [-0.4, -0.2) is 54.8 Å². The first kappa shape index (κ1) is 24.0. The largest absolute Gasteiger partial charge is 0.496 e. The molecule has 1 heterocycles. The Morgan fingerprint density at radius 1 is 1.18 bits per heavy atom. The minimum atomic E-state index is -1.16. The molecule has 174 valence electrons. The molecule has 0 fully saturated rings. The van der Waals surface area contributed by atoms with Gasteiger partial charge in [-0.25, -0.2) is 4.79 Å². The van der Waals surface area contributed by atoms with Gasteiger partial charge in [0.05, 0.1) is 12.7 Å². The van der Waals surface area contributed by atoms with Crippen molar-refractivity contribution in [1.82, 2.24) is 10.6 Å². The van der Waals surface area contributed by atoms with Crippen LogP contribution in [0, 0.1) is 0 Å². The zero-order valence-corrected chi connectivity index (χ0v) is 18.9. The van der Waals surface area contributed by atoms with Crippen LogP contribution in [-0.2, 0) is 9.59 Å². The number of para-hydroxylation sites is 1. The molecule has 1 aliphatic heterocycles. The number of ether oxygens (including phenoxy) is 3. The molecule has 0 aromatic heterocycles. The van der Waals surface area contributed by atoms with E-state index >= 15 is 0 Å². The number of amides is 2. The topological polar surface area (TPSA) is 123 Å². The van der Waals surface area contributed by atoms with Crippen molar-refractivity contribution in [2.75, 3.05) is 25.9 Å². The Labute approximate surface area is 195 Å². The van der Waals surface area contributed by atoms with Crippen LogP contribution < -0.4 is 24.8 Å². The lowest BCUT2D eigenvalue weighted by Gasteiger charge is -2.17. The van der Waals surface area contributed by atoms with Gasteiger partial charge in [-0.2, -0.15) is 11.8 Å². The summed E-state index contributed by atoms with van der Waals surface area (Å²) in [4.78, 5) is 37.6. The molecular weight excluding hydrogens is 448 g/mol. The van der Waals surface area contributed by atoms with Crippen molar-refractivity contribution >= 4 is 35.6 Å². The normalized spacial score (nSPS) is 13.2. The molecule has 0 saturated carbocycles. The van der Waals surface area contributed by atoms with Gasteiger partial charge in [-0.05, 0) is 54.3 Å². The average Bonchev–Trinajstić information content (AvgIpc) is 3.28. The van der Waals surface area contributed by atoms with E-state index in [1.807, 2.05) is 6.26 Å².